The highest BCUT2D eigenvalue weighted by atomic mass is 35.5. The Morgan fingerprint density at radius 1 is 0.867 bits per heavy atom. The molecule has 0 spiro atoms. The topological polar surface area (TPSA) is 86.8 Å². The number of hydrogen-bond donors (Lipinski definition) is 1. The molecule has 0 unspecified atom stereocenters. The first-order valence-electron chi connectivity index (χ1n) is 14.7. The number of nitrogens with one attached hydrogen (secondary N) is 1. The van der Waals surface area contributed by atoms with E-state index in [0.717, 1.165) is 9.87 Å². The maximum Gasteiger partial charge on any atom is 0.264 e. The first-order valence-corrected chi connectivity index (χ1v) is 16.9. The van der Waals surface area contributed by atoms with E-state index in [9.17, 15) is 18.0 Å². The Kier molecular flexibility index (Phi) is 11.7. The van der Waals surface area contributed by atoms with Gasteiger partial charge in [0.1, 0.15) is 12.6 Å². The van der Waals surface area contributed by atoms with Gasteiger partial charge in [0.2, 0.25) is 11.8 Å². The van der Waals surface area contributed by atoms with E-state index in [0.29, 0.717) is 27.6 Å². The summed E-state index contributed by atoms with van der Waals surface area (Å²) in [6.07, 6.45) is 0.903. The van der Waals surface area contributed by atoms with Gasteiger partial charge in [0.05, 0.1) is 10.6 Å². The molecule has 236 valence electrons. The highest BCUT2D eigenvalue weighted by molar-refractivity contribution is 7.92. The van der Waals surface area contributed by atoms with Gasteiger partial charge >= 0.3 is 0 Å². The molecule has 0 radical (unpaired) electrons. The van der Waals surface area contributed by atoms with Crippen molar-refractivity contribution in [1.82, 2.24) is 10.2 Å². The van der Waals surface area contributed by atoms with Crippen LogP contribution in [0.25, 0.3) is 0 Å². The maximum absolute atomic E-state index is 14.6. The molecule has 4 aromatic rings. The second-order valence-corrected chi connectivity index (χ2v) is 13.6. The number of amides is 2. The zero-order valence-corrected chi connectivity index (χ0v) is 27.8. The molecule has 0 saturated heterocycles. The van der Waals surface area contributed by atoms with E-state index in [1.54, 1.807) is 61.5 Å². The summed E-state index contributed by atoms with van der Waals surface area (Å²) >= 11 is 12.9. The van der Waals surface area contributed by atoms with Crippen molar-refractivity contribution in [2.75, 3.05) is 10.8 Å². The minimum Gasteiger partial charge on any atom is -0.352 e. The van der Waals surface area contributed by atoms with Crippen LogP contribution in [0, 0.1) is 6.92 Å². The highest BCUT2D eigenvalue weighted by Gasteiger charge is 2.35. The summed E-state index contributed by atoms with van der Waals surface area (Å²) in [5, 5.41) is 3.77. The number of sulfonamides is 1. The third-order valence-electron chi connectivity index (χ3n) is 7.62. The van der Waals surface area contributed by atoms with Crippen LogP contribution in [-0.4, -0.2) is 43.8 Å². The number of aryl methyl sites for hydroxylation is 1. The largest absolute Gasteiger partial charge is 0.352 e. The Hall–Kier alpha value is -3.85. The van der Waals surface area contributed by atoms with Gasteiger partial charge in [0.25, 0.3) is 10.0 Å². The van der Waals surface area contributed by atoms with Crippen LogP contribution in [0.5, 0.6) is 0 Å². The lowest BCUT2D eigenvalue weighted by Gasteiger charge is -2.34. The molecule has 0 aliphatic heterocycles. The molecule has 0 aliphatic carbocycles. The maximum atomic E-state index is 14.6. The molecule has 7 nitrogen and oxygen atoms in total. The summed E-state index contributed by atoms with van der Waals surface area (Å²) in [6, 6.07) is 28.2. The van der Waals surface area contributed by atoms with Crippen LogP contribution in [0.1, 0.15) is 37.0 Å². The zero-order valence-electron chi connectivity index (χ0n) is 25.5. The van der Waals surface area contributed by atoms with E-state index in [2.05, 4.69) is 5.32 Å². The number of anilines is 1. The molecule has 0 bridgehead atoms. The molecule has 10 heteroatoms. The van der Waals surface area contributed by atoms with Gasteiger partial charge in [-0.1, -0.05) is 103 Å². The monoisotopic (exact) mass is 665 g/mol. The molecule has 4 aromatic carbocycles. The molecule has 0 saturated carbocycles. The predicted molar refractivity (Wildman–Crippen MR) is 181 cm³/mol. The Balaban J connectivity index is 1.84. The van der Waals surface area contributed by atoms with Crippen molar-refractivity contribution in [2.24, 2.45) is 0 Å². The van der Waals surface area contributed by atoms with Crippen LogP contribution < -0.4 is 9.62 Å². The van der Waals surface area contributed by atoms with Gasteiger partial charge in [0, 0.05) is 29.1 Å². The Labute approximate surface area is 275 Å². The molecule has 0 aliphatic rings. The molecule has 0 aromatic heterocycles. The van der Waals surface area contributed by atoms with E-state index >= 15 is 0 Å². The standard InChI is InChI=1S/C35H37Cl2N3O4S/c1-4-26(3)38-35(42)33(21-27-13-7-5-8-14-27)39(23-28-15-11-12-18-31(28)37)34(41)24-40(32-22-29(36)20-19-25(32)2)45(43,44)30-16-9-6-10-17-30/h5-20,22,26,33H,4,21,23-24H2,1-3H3,(H,38,42)/t26-,33-/m1/s1. The molecule has 45 heavy (non-hydrogen) atoms. The summed E-state index contributed by atoms with van der Waals surface area (Å²) < 4.78 is 29.4. The normalized spacial score (nSPS) is 12.6. The molecule has 2 atom stereocenters. The number of nitrogens with zero attached hydrogens (tertiary/aromatic N) is 2. The van der Waals surface area contributed by atoms with Gasteiger partial charge in [0.15, 0.2) is 0 Å². The lowest BCUT2D eigenvalue weighted by atomic mass is 10.0. The van der Waals surface area contributed by atoms with Crippen LogP contribution >= 0.6 is 23.2 Å². The van der Waals surface area contributed by atoms with E-state index in [-0.39, 0.29) is 35.5 Å². The van der Waals surface area contributed by atoms with E-state index in [1.807, 2.05) is 44.2 Å². The van der Waals surface area contributed by atoms with Crippen LogP contribution in [0.15, 0.2) is 108 Å². The molecule has 1 N–H and O–H groups in total. The van der Waals surface area contributed by atoms with Crippen molar-refractivity contribution < 1.29 is 18.0 Å². The van der Waals surface area contributed by atoms with Gasteiger partial charge in [-0.25, -0.2) is 8.42 Å². The first kappa shape index (κ1) is 34.0. The van der Waals surface area contributed by atoms with Crippen LogP contribution in [0.3, 0.4) is 0 Å². The number of benzene rings is 4. The molecule has 0 heterocycles. The fourth-order valence-corrected chi connectivity index (χ4v) is 6.74. The van der Waals surface area contributed by atoms with Crippen LogP contribution in [-0.2, 0) is 32.6 Å². The zero-order chi connectivity index (χ0) is 32.6. The number of hydrogen-bond acceptors (Lipinski definition) is 4. The molecular weight excluding hydrogens is 629 g/mol. The highest BCUT2D eigenvalue weighted by Crippen LogP contribution is 2.30. The summed E-state index contributed by atoms with van der Waals surface area (Å²) in [4.78, 5) is 29.9. The lowest BCUT2D eigenvalue weighted by molar-refractivity contribution is -0.140. The average molecular weight is 667 g/mol. The minimum absolute atomic E-state index is 0.0162. The van der Waals surface area contributed by atoms with Crippen molar-refractivity contribution >= 4 is 50.7 Å². The fraction of sp³-hybridized carbons (Fsp3) is 0.257. The summed E-state index contributed by atoms with van der Waals surface area (Å²) in [5.74, 6) is -0.918. The van der Waals surface area contributed by atoms with Gasteiger partial charge in [-0.15, -0.1) is 0 Å². The molecule has 4 rings (SSSR count). The Bertz CT molecular complexity index is 1720. The third-order valence-corrected chi connectivity index (χ3v) is 10.00. The summed E-state index contributed by atoms with van der Waals surface area (Å²) in [5.41, 5.74) is 2.34. The second kappa shape index (κ2) is 15.4. The van der Waals surface area contributed by atoms with Crippen molar-refractivity contribution in [3.63, 3.8) is 0 Å². The molecule has 2 amide bonds. The number of rotatable bonds is 13. The SMILES string of the molecule is CC[C@@H](C)NC(=O)[C@@H](Cc1ccccc1)N(Cc1ccccc1Cl)C(=O)CN(c1cc(Cl)ccc1C)S(=O)(=O)c1ccccc1. The third kappa shape index (κ3) is 8.66. The van der Waals surface area contributed by atoms with E-state index in [4.69, 9.17) is 23.2 Å². The van der Waals surface area contributed by atoms with Gasteiger partial charge in [-0.2, -0.15) is 0 Å². The number of carbonyl (C=O) groups is 2. The van der Waals surface area contributed by atoms with Crippen molar-refractivity contribution in [1.29, 1.82) is 0 Å². The van der Waals surface area contributed by atoms with Crippen molar-refractivity contribution in [3.8, 4) is 0 Å². The smallest absolute Gasteiger partial charge is 0.264 e. The summed E-state index contributed by atoms with van der Waals surface area (Å²) in [6.45, 7) is 5.02. The van der Waals surface area contributed by atoms with Crippen LogP contribution in [0.4, 0.5) is 5.69 Å². The number of halogens is 2. The Morgan fingerprint density at radius 2 is 1.49 bits per heavy atom. The predicted octanol–water partition coefficient (Wildman–Crippen LogP) is 7.05. The second-order valence-electron chi connectivity index (χ2n) is 10.9. The van der Waals surface area contributed by atoms with Crippen molar-refractivity contribution in [2.45, 2.75) is 57.1 Å². The summed E-state index contributed by atoms with van der Waals surface area (Å²) in [7, 11) is -4.23. The quantitative estimate of drug-likeness (QED) is 0.166. The van der Waals surface area contributed by atoms with Crippen molar-refractivity contribution in [3.05, 3.63) is 130 Å². The first-order chi connectivity index (χ1) is 21.5. The van der Waals surface area contributed by atoms with Gasteiger partial charge in [-0.05, 0) is 67.3 Å². The fourth-order valence-electron chi connectivity index (χ4n) is 4.89. The van der Waals surface area contributed by atoms with Crippen LogP contribution in [0.2, 0.25) is 10.0 Å². The van der Waals surface area contributed by atoms with E-state index < -0.39 is 28.5 Å². The lowest BCUT2D eigenvalue weighted by Crippen LogP contribution is -2.54. The molecule has 0 fully saturated rings. The average Bonchev–Trinajstić information content (AvgIpc) is 3.04. The molecular formula is C35H37Cl2N3O4S. The van der Waals surface area contributed by atoms with Gasteiger partial charge < -0.3 is 10.2 Å². The van der Waals surface area contributed by atoms with E-state index in [1.165, 1.54) is 23.1 Å². The number of carbonyl (C=O) groups excluding carboxylic acids is 2. The Morgan fingerprint density at radius 3 is 2.13 bits per heavy atom. The minimum atomic E-state index is -4.23. The van der Waals surface area contributed by atoms with Gasteiger partial charge in [-0.3, -0.25) is 13.9 Å².